The zero-order valence-electron chi connectivity index (χ0n) is 13.2. The molecular formula is C16H13FN4O3S. The average Bonchev–Trinajstić information content (AvgIpc) is 3.34. The van der Waals surface area contributed by atoms with Crippen LogP contribution in [0.15, 0.2) is 34.4 Å². The Hall–Kier alpha value is -2.78. The first-order valence-electron chi connectivity index (χ1n) is 7.41. The van der Waals surface area contributed by atoms with E-state index in [4.69, 9.17) is 14.0 Å². The van der Waals surface area contributed by atoms with Crippen molar-refractivity contribution in [3.63, 3.8) is 0 Å². The minimum absolute atomic E-state index is 0.141. The Morgan fingerprint density at radius 2 is 2.20 bits per heavy atom. The van der Waals surface area contributed by atoms with Crippen molar-refractivity contribution in [2.45, 2.75) is 0 Å². The van der Waals surface area contributed by atoms with Crippen molar-refractivity contribution >= 4 is 22.2 Å². The number of ether oxygens (including phenoxy) is 2. The second kappa shape index (κ2) is 6.61. The van der Waals surface area contributed by atoms with Gasteiger partial charge in [0.15, 0.2) is 17.3 Å². The zero-order valence-corrected chi connectivity index (χ0v) is 14.0. The van der Waals surface area contributed by atoms with Crippen LogP contribution in [-0.4, -0.2) is 40.7 Å². The number of aromatic amines is 1. The molecule has 0 radical (unpaired) electrons. The number of halogens is 1. The molecule has 0 fully saturated rings. The minimum atomic E-state index is -0.478. The van der Waals surface area contributed by atoms with Crippen LogP contribution in [-0.2, 0) is 4.74 Å². The molecule has 0 atom stereocenters. The molecule has 3 aromatic heterocycles. The number of nitrogens with one attached hydrogen (secondary N) is 1. The predicted molar refractivity (Wildman–Crippen MR) is 90.0 cm³/mol. The lowest BCUT2D eigenvalue weighted by atomic mass is 10.1. The second-order valence-corrected chi connectivity index (χ2v) is 6.07. The van der Waals surface area contributed by atoms with Crippen LogP contribution < -0.4 is 4.74 Å². The number of methoxy groups -OCH3 is 1. The first-order chi connectivity index (χ1) is 12.3. The molecule has 0 spiro atoms. The molecule has 0 aliphatic heterocycles. The molecule has 0 saturated carbocycles. The van der Waals surface area contributed by atoms with E-state index >= 15 is 0 Å². The molecule has 0 bridgehead atoms. The molecule has 0 aliphatic carbocycles. The fourth-order valence-corrected chi connectivity index (χ4v) is 2.97. The summed E-state index contributed by atoms with van der Waals surface area (Å²) in [4.78, 5) is 4.90. The van der Waals surface area contributed by atoms with Crippen molar-refractivity contribution < 1.29 is 18.4 Å². The summed E-state index contributed by atoms with van der Waals surface area (Å²) in [5, 5.41) is 11.7. The van der Waals surface area contributed by atoms with Gasteiger partial charge in [0.2, 0.25) is 0 Å². The van der Waals surface area contributed by atoms with Crippen molar-refractivity contribution in [2.24, 2.45) is 0 Å². The molecule has 0 saturated heterocycles. The third-order valence-electron chi connectivity index (χ3n) is 3.59. The van der Waals surface area contributed by atoms with Crippen LogP contribution in [0.3, 0.4) is 0 Å². The Kier molecular flexibility index (Phi) is 4.16. The molecule has 0 aliphatic rings. The van der Waals surface area contributed by atoms with E-state index in [0.29, 0.717) is 34.7 Å². The van der Waals surface area contributed by atoms with Gasteiger partial charge in [-0.2, -0.15) is 5.10 Å². The summed E-state index contributed by atoms with van der Waals surface area (Å²) in [5.74, 6) is 0.109. The summed E-state index contributed by atoms with van der Waals surface area (Å²) in [5.41, 5.74) is 3.50. The van der Waals surface area contributed by atoms with Crippen molar-refractivity contribution in [3.05, 3.63) is 35.7 Å². The number of H-pyrrole nitrogens is 1. The van der Waals surface area contributed by atoms with Crippen LogP contribution in [0.4, 0.5) is 4.39 Å². The van der Waals surface area contributed by atoms with Gasteiger partial charge in [0.25, 0.3) is 0 Å². The maximum Gasteiger partial charge on any atom is 0.188 e. The lowest BCUT2D eigenvalue weighted by molar-refractivity contribution is 0.144. The van der Waals surface area contributed by atoms with E-state index in [1.165, 1.54) is 17.4 Å². The normalized spacial score (nSPS) is 11.3. The van der Waals surface area contributed by atoms with Gasteiger partial charge in [0, 0.05) is 30.8 Å². The highest BCUT2D eigenvalue weighted by atomic mass is 32.1. The number of hydrogen-bond acceptors (Lipinski definition) is 7. The lowest BCUT2D eigenvalue weighted by Crippen LogP contribution is -2.05. The van der Waals surface area contributed by atoms with E-state index in [1.54, 1.807) is 30.9 Å². The number of hydrogen-bond donors (Lipinski definition) is 1. The number of rotatable bonds is 6. The maximum absolute atomic E-state index is 14.3. The van der Waals surface area contributed by atoms with Gasteiger partial charge in [-0.3, -0.25) is 10.1 Å². The lowest BCUT2D eigenvalue weighted by Gasteiger charge is -2.06. The molecule has 4 aromatic rings. The second-order valence-electron chi connectivity index (χ2n) is 5.18. The smallest absolute Gasteiger partial charge is 0.188 e. The number of aromatic nitrogens is 4. The fourth-order valence-electron chi connectivity index (χ4n) is 2.40. The van der Waals surface area contributed by atoms with Gasteiger partial charge in [-0.15, -0.1) is 11.3 Å². The standard InChI is InChI=1S/C16H13FN4O3S/c1-22-2-3-23-13-5-11-9(4-10(13)17)16(20-19-11)14-6-12(21-24-14)15-7-18-8-25-15/h4-8H,2-3H2,1H3,(H,19,20). The van der Waals surface area contributed by atoms with Crippen molar-refractivity contribution in [1.82, 2.24) is 20.3 Å². The highest BCUT2D eigenvalue weighted by molar-refractivity contribution is 7.13. The van der Waals surface area contributed by atoms with Gasteiger partial charge >= 0.3 is 0 Å². The maximum atomic E-state index is 14.3. The number of nitrogens with zero attached hydrogens (tertiary/aromatic N) is 3. The fraction of sp³-hybridized carbons (Fsp3) is 0.188. The van der Waals surface area contributed by atoms with Gasteiger partial charge in [-0.1, -0.05) is 5.16 Å². The molecule has 25 heavy (non-hydrogen) atoms. The first-order valence-corrected chi connectivity index (χ1v) is 8.29. The predicted octanol–water partition coefficient (Wildman–Crippen LogP) is 3.51. The minimum Gasteiger partial charge on any atom is -0.488 e. The largest absolute Gasteiger partial charge is 0.488 e. The Labute approximate surface area is 145 Å². The third-order valence-corrected chi connectivity index (χ3v) is 4.38. The Morgan fingerprint density at radius 1 is 1.28 bits per heavy atom. The van der Waals surface area contributed by atoms with Gasteiger partial charge in [0.05, 0.1) is 22.5 Å². The van der Waals surface area contributed by atoms with E-state index < -0.39 is 5.82 Å². The molecule has 1 N–H and O–H groups in total. The summed E-state index contributed by atoms with van der Waals surface area (Å²) >= 11 is 1.46. The summed E-state index contributed by atoms with van der Waals surface area (Å²) in [6.45, 7) is 0.643. The molecule has 9 heteroatoms. The molecule has 3 heterocycles. The molecule has 7 nitrogen and oxygen atoms in total. The van der Waals surface area contributed by atoms with Crippen LogP contribution in [0.1, 0.15) is 0 Å². The molecule has 0 unspecified atom stereocenters. The van der Waals surface area contributed by atoms with E-state index in [1.807, 2.05) is 0 Å². The van der Waals surface area contributed by atoms with Gasteiger partial charge in [0.1, 0.15) is 18.0 Å². The van der Waals surface area contributed by atoms with Gasteiger partial charge < -0.3 is 14.0 Å². The SMILES string of the molecule is COCCOc1cc2[nH]nc(-c3cc(-c4cncs4)no3)c2cc1F. The monoisotopic (exact) mass is 360 g/mol. The van der Waals surface area contributed by atoms with E-state index in [9.17, 15) is 4.39 Å². The zero-order chi connectivity index (χ0) is 17.2. The number of thiazole rings is 1. The average molecular weight is 360 g/mol. The van der Waals surface area contributed by atoms with Crippen LogP contribution in [0, 0.1) is 5.82 Å². The van der Waals surface area contributed by atoms with E-state index in [2.05, 4.69) is 20.3 Å². The van der Waals surface area contributed by atoms with Crippen LogP contribution in [0.5, 0.6) is 5.75 Å². The molecule has 1 aromatic carbocycles. The van der Waals surface area contributed by atoms with Crippen LogP contribution in [0.2, 0.25) is 0 Å². The third kappa shape index (κ3) is 2.99. The van der Waals surface area contributed by atoms with Crippen molar-refractivity contribution in [3.8, 4) is 27.8 Å². The van der Waals surface area contributed by atoms with Crippen LogP contribution in [0.25, 0.3) is 32.9 Å². The Balaban J connectivity index is 1.68. The number of fused-ring (bicyclic) bond motifs is 1. The van der Waals surface area contributed by atoms with Crippen LogP contribution >= 0.6 is 11.3 Å². The molecular weight excluding hydrogens is 347 g/mol. The number of benzene rings is 1. The van der Waals surface area contributed by atoms with E-state index in [0.717, 1.165) is 4.88 Å². The van der Waals surface area contributed by atoms with Crippen molar-refractivity contribution in [1.29, 1.82) is 0 Å². The topological polar surface area (TPSA) is 86.1 Å². The summed E-state index contributed by atoms with van der Waals surface area (Å²) in [6, 6.07) is 4.69. The Bertz CT molecular complexity index is 996. The quantitative estimate of drug-likeness (QED) is 0.530. The Morgan fingerprint density at radius 3 is 3.00 bits per heavy atom. The molecule has 0 amide bonds. The van der Waals surface area contributed by atoms with E-state index in [-0.39, 0.29) is 12.4 Å². The molecule has 4 rings (SSSR count). The summed E-state index contributed by atoms with van der Waals surface area (Å²) in [7, 11) is 1.56. The molecule has 128 valence electrons. The van der Waals surface area contributed by atoms with Gasteiger partial charge in [-0.05, 0) is 6.07 Å². The van der Waals surface area contributed by atoms with Crippen molar-refractivity contribution in [2.75, 3.05) is 20.3 Å². The highest BCUT2D eigenvalue weighted by Crippen LogP contribution is 2.33. The first kappa shape index (κ1) is 15.7. The van der Waals surface area contributed by atoms with Gasteiger partial charge in [-0.25, -0.2) is 4.39 Å². The highest BCUT2D eigenvalue weighted by Gasteiger charge is 2.17. The summed E-state index contributed by atoms with van der Waals surface area (Å²) < 4.78 is 29.9. The summed E-state index contributed by atoms with van der Waals surface area (Å²) in [6.07, 6.45) is 1.71.